The molecule has 8 heteroatoms. The number of aromatic nitrogens is 2. The lowest BCUT2D eigenvalue weighted by atomic mass is 10.1. The van der Waals surface area contributed by atoms with E-state index in [1.54, 1.807) is 0 Å². The summed E-state index contributed by atoms with van der Waals surface area (Å²) < 4.78 is 16.0. The second-order valence-corrected chi connectivity index (χ2v) is 6.75. The Hall–Kier alpha value is -3.29. The molecule has 0 atom stereocenters. The first-order chi connectivity index (χ1) is 14.1. The highest BCUT2D eigenvalue weighted by Crippen LogP contribution is 2.35. The van der Waals surface area contributed by atoms with Gasteiger partial charge >= 0.3 is 6.16 Å². The van der Waals surface area contributed by atoms with Crippen LogP contribution in [0, 0.1) is 0 Å². The van der Waals surface area contributed by atoms with Crippen molar-refractivity contribution in [3.05, 3.63) is 64.8 Å². The standard InChI is InChI=1S/C21H17ClN2O5/c1-27-11-15-19-14-8-13(28-10-12-4-2-3-5-16(12)22)6-7-17(14)24-18(19)9-23-20(15)29-21(25)26/h2-9,24H,10-11H2,1H3,(H,25,26). The van der Waals surface area contributed by atoms with E-state index in [2.05, 4.69) is 9.97 Å². The van der Waals surface area contributed by atoms with Gasteiger partial charge in [0.15, 0.2) is 0 Å². The van der Waals surface area contributed by atoms with Crippen molar-refractivity contribution in [1.29, 1.82) is 0 Å². The molecule has 0 saturated heterocycles. The van der Waals surface area contributed by atoms with Crippen LogP contribution in [0.2, 0.25) is 5.02 Å². The Kier molecular flexibility index (Phi) is 5.24. The van der Waals surface area contributed by atoms with Crippen LogP contribution >= 0.6 is 11.6 Å². The normalized spacial score (nSPS) is 11.1. The van der Waals surface area contributed by atoms with Crippen molar-refractivity contribution < 1.29 is 24.1 Å². The van der Waals surface area contributed by atoms with Crippen LogP contribution in [0.25, 0.3) is 21.8 Å². The molecule has 0 unspecified atom stereocenters. The number of carboxylic acid groups (broad SMARTS) is 1. The second kappa shape index (κ2) is 7.98. The average Bonchev–Trinajstić information content (AvgIpc) is 3.07. The Balaban J connectivity index is 1.77. The van der Waals surface area contributed by atoms with E-state index in [0.717, 1.165) is 27.4 Å². The zero-order valence-electron chi connectivity index (χ0n) is 15.4. The molecule has 0 bridgehead atoms. The molecule has 2 aromatic carbocycles. The summed E-state index contributed by atoms with van der Waals surface area (Å²) in [6.07, 6.45) is 0.106. The SMILES string of the molecule is COCc1c(OC(=O)O)ncc2[nH]c3ccc(OCc4ccccc4Cl)cc3c12. The number of halogens is 1. The fraction of sp³-hybridized carbons (Fsp3) is 0.143. The predicted octanol–water partition coefficient (Wildman–Crippen LogP) is 5.15. The summed E-state index contributed by atoms with van der Waals surface area (Å²) in [5.41, 5.74) is 3.03. The number of methoxy groups -OCH3 is 1. The number of hydrogen-bond donors (Lipinski definition) is 2. The first kappa shape index (κ1) is 19.0. The van der Waals surface area contributed by atoms with E-state index in [9.17, 15) is 4.79 Å². The van der Waals surface area contributed by atoms with Crippen molar-refractivity contribution in [3.8, 4) is 11.6 Å². The topological polar surface area (TPSA) is 93.7 Å². The molecular formula is C21H17ClN2O5. The van der Waals surface area contributed by atoms with Crippen molar-refractivity contribution in [1.82, 2.24) is 9.97 Å². The van der Waals surface area contributed by atoms with Gasteiger partial charge in [-0.2, -0.15) is 0 Å². The molecule has 4 rings (SSSR count). The minimum Gasteiger partial charge on any atom is -0.489 e. The van der Waals surface area contributed by atoms with E-state index in [0.29, 0.717) is 22.9 Å². The third-order valence-corrected chi connectivity index (χ3v) is 4.86. The van der Waals surface area contributed by atoms with Gasteiger partial charge in [0.2, 0.25) is 5.88 Å². The van der Waals surface area contributed by atoms with Crippen LogP contribution in [-0.4, -0.2) is 28.3 Å². The van der Waals surface area contributed by atoms with Crippen molar-refractivity contribution in [2.45, 2.75) is 13.2 Å². The molecule has 0 aliphatic heterocycles. The van der Waals surface area contributed by atoms with Crippen LogP contribution in [0.5, 0.6) is 11.6 Å². The molecular weight excluding hydrogens is 396 g/mol. The monoisotopic (exact) mass is 412 g/mol. The number of H-pyrrole nitrogens is 1. The lowest BCUT2D eigenvalue weighted by Gasteiger charge is -2.09. The molecule has 2 N–H and O–H groups in total. The summed E-state index contributed by atoms with van der Waals surface area (Å²) in [7, 11) is 1.52. The fourth-order valence-electron chi connectivity index (χ4n) is 3.24. The molecule has 2 heterocycles. The average molecular weight is 413 g/mol. The van der Waals surface area contributed by atoms with Gasteiger partial charge in [0, 0.05) is 34.0 Å². The summed E-state index contributed by atoms with van der Waals surface area (Å²) >= 11 is 6.19. The Bertz CT molecular complexity index is 1200. The number of carbonyl (C=O) groups is 1. The first-order valence-electron chi connectivity index (χ1n) is 8.76. The zero-order chi connectivity index (χ0) is 20.4. The Morgan fingerprint density at radius 2 is 2.00 bits per heavy atom. The van der Waals surface area contributed by atoms with Gasteiger partial charge in [0.05, 0.1) is 23.9 Å². The third-order valence-electron chi connectivity index (χ3n) is 4.49. The Labute approximate surface area is 170 Å². The lowest BCUT2D eigenvalue weighted by molar-refractivity contribution is 0.139. The van der Waals surface area contributed by atoms with Crippen molar-refractivity contribution in [3.63, 3.8) is 0 Å². The largest absolute Gasteiger partial charge is 0.512 e. The van der Waals surface area contributed by atoms with Crippen LogP contribution in [0.4, 0.5) is 4.79 Å². The Morgan fingerprint density at radius 1 is 1.17 bits per heavy atom. The first-order valence-corrected chi connectivity index (χ1v) is 9.14. The van der Waals surface area contributed by atoms with Crippen molar-refractivity contribution in [2.75, 3.05) is 7.11 Å². The van der Waals surface area contributed by atoms with Crippen LogP contribution in [0.3, 0.4) is 0 Å². The van der Waals surface area contributed by atoms with Gasteiger partial charge in [-0.15, -0.1) is 0 Å². The van der Waals surface area contributed by atoms with E-state index in [4.69, 9.17) is 30.9 Å². The van der Waals surface area contributed by atoms with E-state index in [-0.39, 0.29) is 12.5 Å². The van der Waals surface area contributed by atoms with Crippen molar-refractivity contribution >= 4 is 39.6 Å². The number of ether oxygens (including phenoxy) is 3. The highest BCUT2D eigenvalue weighted by atomic mass is 35.5. The third kappa shape index (κ3) is 3.83. The molecule has 7 nitrogen and oxygen atoms in total. The van der Waals surface area contributed by atoms with Gasteiger partial charge < -0.3 is 24.3 Å². The number of rotatable bonds is 6. The zero-order valence-corrected chi connectivity index (χ0v) is 16.2. The second-order valence-electron chi connectivity index (χ2n) is 6.34. The summed E-state index contributed by atoms with van der Waals surface area (Å²) in [5.74, 6) is 0.648. The molecule has 0 spiro atoms. The molecule has 29 heavy (non-hydrogen) atoms. The van der Waals surface area contributed by atoms with Crippen molar-refractivity contribution in [2.24, 2.45) is 0 Å². The van der Waals surface area contributed by atoms with Gasteiger partial charge in [-0.05, 0) is 24.3 Å². The molecule has 4 aromatic rings. The number of nitrogens with zero attached hydrogens (tertiary/aromatic N) is 1. The summed E-state index contributed by atoms with van der Waals surface area (Å²) in [4.78, 5) is 18.4. The molecule has 0 radical (unpaired) electrons. The lowest BCUT2D eigenvalue weighted by Crippen LogP contribution is -2.07. The van der Waals surface area contributed by atoms with E-state index in [1.165, 1.54) is 13.3 Å². The van der Waals surface area contributed by atoms with Gasteiger partial charge in [0.1, 0.15) is 12.4 Å². The van der Waals surface area contributed by atoms with Crippen LogP contribution in [0.1, 0.15) is 11.1 Å². The molecule has 148 valence electrons. The molecule has 0 saturated carbocycles. The van der Waals surface area contributed by atoms with Gasteiger partial charge in [-0.3, -0.25) is 0 Å². The van der Waals surface area contributed by atoms with E-state index in [1.807, 2.05) is 42.5 Å². The van der Waals surface area contributed by atoms with Crippen LogP contribution in [0.15, 0.2) is 48.7 Å². The maximum absolute atomic E-state index is 11.0. The highest BCUT2D eigenvalue weighted by molar-refractivity contribution is 6.31. The van der Waals surface area contributed by atoms with Crippen LogP contribution < -0.4 is 9.47 Å². The van der Waals surface area contributed by atoms with Gasteiger partial charge in [0.25, 0.3) is 0 Å². The Morgan fingerprint density at radius 3 is 2.76 bits per heavy atom. The summed E-state index contributed by atoms with van der Waals surface area (Å²) in [6, 6.07) is 13.1. The fourth-order valence-corrected chi connectivity index (χ4v) is 3.43. The highest BCUT2D eigenvalue weighted by Gasteiger charge is 2.18. The molecule has 0 amide bonds. The number of hydrogen-bond acceptors (Lipinski definition) is 5. The smallest absolute Gasteiger partial charge is 0.489 e. The molecule has 0 aliphatic rings. The molecule has 2 aromatic heterocycles. The predicted molar refractivity (Wildman–Crippen MR) is 109 cm³/mol. The minimum absolute atomic E-state index is 0.00450. The maximum Gasteiger partial charge on any atom is 0.512 e. The van der Waals surface area contributed by atoms with Crippen LogP contribution in [-0.2, 0) is 18.0 Å². The van der Waals surface area contributed by atoms with E-state index >= 15 is 0 Å². The number of benzene rings is 2. The number of aromatic amines is 1. The van der Waals surface area contributed by atoms with E-state index < -0.39 is 6.16 Å². The quantitative estimate of drug-likeness (QED) is 0.425. The van der Waals surface area contributed by atoms with Gasteiger partial charge in [-0.1, -0.05) is 29.8 Å². The molecule has 0 aliphatic carbocycles. The number of nitrogens with one attached hydrogen (secondary N) is 1. The molecule has 0 fully saturated rings. The summed E-state index contributed by atoms with van der Waals surface area (Å²) in [6.45, 7) is 0.470. The van der Waals surface area contributed by atoms with Gasteiger partial charge in [-0.25, -0.2) is 9.78 Å². The minimum atomic E-state index is -1.43. The number of pyridine rings is 1. The number of fused-ring (bicyclic) bond motifs is 3. The summed E-state index contributed by atoms with van der Waals surface area (Å²) in [5, 5.41) is 11.3. The maximum atomic E-state index is 11.0.